The molecule has 2 aromatic carbocycles. The van der Waals surface area contributed by atoms with Gasteiger partial charge in [-0.05, 0) is 43.7 Å². The number of halogens is 1. The van der Waals surface area contributed by atoms with Crippen LogP contribution in [0.2, 0.25) is 5.02 Å². The molecule has 0 saturated carbocycles. The fourth-order valence-electron chi connectivity index (χ4n) is 2.91. The summed E-state index contributed by atoms with van der Waals surface area (Å²) in [7, 11) is 0. The first-order valence-corrected chi connectivity index (χ1v) is 8.97. The number of nitrogens with zero attached hydrogens (tertiary/aromatic N) is 2. The highest BCUT2D eigenvalue weighted by molar-refractivity contribution is 6.30. The van der Waals surface area contributed by atoms with Crippen LogP contribution in [0.4, 0.5) is 10.5 Å². The van der Waals surface area contributed by atoms with Gasteiger partial charge in [0, 0.05) is 17.3 Å². The molecule has 0 aliphatic carbocycles. The van der Waals surface area contributed by atoms with Crippen molar-refractivity contribution in [1.82, 2.24) is 10.2 Å². The van der Waals surface area contributed by atoms with Crippen LogP contribution in [0, 0.1) is 6.92 Å². The molecule has 1 heterocycles. The van der Waals surface area contributed by atoms with E-state index in [-0.39, 0.29) is 12.5 Å². The minimum absolute atomic E-state index is 0.295. The lowest BCUT2D eigenvalue weighted by atomic mass is 10.2. The number of hydrogen-bond donors (Lipinski definition) is 1. The first kappa shape index (κ1) is 18.9. The molecular weight excluding hydrogens is 366 g/mol. The molecule has 0 unspecified atom stereocenters. The maximum Gasteiger partial charge on any atom is 0.332 e. The maximum absolute atomic E-state index is 12.7. The molecule has 140 valence electrons. The van der Waals surface area contributed by atoms with Crippen molar-refractivity contribution < 1.29 is 14.4 Å². The standard InChI is InChI=1S/C20H20ClN3O3/c1-13-3-9-17(10-4-13)24-14(2)19(26)23(20(24)27)12-18(25)22-11-15-5-7-16(21)8-6-15/h3-10,14H,11-12H2,1-2H3,(H,22,25)/t14-/m1/s1. The molecule has 0 spiro atoms. The number of nitrogens with one attached hydrogen (secondary N) is 1. The third-order valence-corrected chi connectivity index (χ3v) is 4.72. The molecule has 0 aromatic heterocycles. The lowest BCUT2D eigenvalue weighted by Gasteiger charge is -2.19. The number of carbonyl (C=O) groups excluding carboxylic acids is 3. The van der Waals surface area contributed by atoms with Crippen LogP contribution in [-0.4, -0.2) is 35.3 Å². The van der Waals surface area contributed by atoms with E-state index >= 15 is 0 Å². The van der Waals surface area contributed by atoms with E-state index in [1.807, 2.05) is 19.1 Å². The third kappa shape index (κ3) is 4.11. The van der Waals surface area contributed by atoms with Crippen LogP contribution in [0.15, 0.2) is 48.5 Å². The Morgan fingerprint density at radius 2 is 1.70 bits per heavy atom. The largest absolute Gasteiger partial charge is 0.350 e. The molecule has 6 nitrogen and oxygen atoms in total. The molecule has 2 aromatic rings. The Labute approximate surface area is 162 Å². The van der Waals surface area contributed by atoms with E-state index in [0.29, 0.717) is 17.3 Å². The minimum Gasteiger partial charge on any atom is -0.350 e. The molecule has 1 aliphatic rings. The summed E-state index contributed by atoms with van der Waals surface area (Å²) < 4.78 is 0. The zero-order valence-corrected chi connectivity index (χ0v) is 15.9. The second-order valence-electron chi connectivity index (χ2n) is 6.49. The molecule has 0 radical (unpaired) electrons. The van der Waals surface area contributed by atoms with Gasteiger partial charge in [-0.3, -0.25) is 19.4 Å². The molecule has 1 aliphatic heterocycles. The molecule has 3 rings (SSSR count). The maximum atomic E-state index is 12.7. The second-order valence-corrected chi connectivity index (χ2v) is 6.93. The van der Waals surface area contributed by atoms with E-state index in [4.69, 9.17) is 11.6 Å². The predicted molar refractivity (Wildman–Crippen MR) is 104 cm³/mol. The monoisotopic (exact) mass is 385 g/mol. The Hall–Kier alpha value is -2.86. The molecule has 7 heteroatoms. The van der Waals surface area contributed by atoms with Gasteiger partial charge in [-0.15, -0.1) is 0 Å². The van der Waals surface area contributed by atoms with E-state index in [2.05, 4.69) is 5.32 Å². The van der Waals surface area contributed by atoms with Gasteiger partial charge >= 0.3 is 6.03 Å². The van der Waals surface area contributed by atoms with Crippen LogP contribution in [-0.2, 0) is 16.1 Å². The van der Waals surface area contributed by atoms with E-state index in [1.54, 1.807) is 43.3 Å². The van der Waals surface area contributed by atoms with Gasteiger partial charge in [-0.25, -0.2) is 4.79 Å². The molecule has 27 heavy (non-hydrogen) atoms. The number of amides is 4. The highest BCUT2D eigenvalue weighted by Gasteiger charge is 2.43. The second kappa shape index (κ2) is 7.80. The summed E-state index contributed by atoms with van der Waals surface area (Å²) in [5.41, 5.74) is 2.57. The number of urea groups is 1. The van der Waals surface area contributed by atoms with E-state index in [0.717, 1.165) is 16.0 Å². The van der Waals surface area contributed by atoms with Crippen molar-refractivity contribution in [3.8, 4) is 0 Å². The fourth-order valence-corrected chi connectivity index (χ4v) is 3.04. The molecular formula is C20H20ClN3O3. The number of aryl methyl sites for hydroxylation is 1. The van der Waals surface area contributed by atoms with Crippen LogP contribution in [0.3, 0.4) is 0 Å². The average molecular weight is 386 g/mol. The quantitative estimate of drug-likeness (QED) is 0.804. The topological polar surface area (TPSA) is 69.7 Å². The molecule has 1 saturated heterocycles. The van der Waals surface area contributed by atoms with Gasteiger partial charge in [0.15, 0.2) is 0 Å². The zero-order valence-electron chi connectivity index (χ0n) is 15.1. The fraction of sp³-hybridized carbons (Fsp3) is 0.250. The van der Waals surface area contributed by atoms with Gasteiger partial charge in [-0.2, -0.15) is 0 Å². The van der Waals surface area contributed by atoms with Gasteiger partial charge in [0.1, 0.15) is 12.6 Å². The molecule has 4 amide bonds. The highest BCUT2D eigenvalue weighted by Crippen LogP contribution is 2.25. The number of imide groups is 1. The average Bonchev–Trinajstić information content (AvgIpc) is 2.86. The van der Waals surface area contributed by atoms with E-state index < -0.39 is 18.0 Å². The number of rotatable bonds is 5. The lowest BCUT2D eigenvalue weighted by molar-refractivity contribution is -0.131. The summed E-state index contributed by atoms with van der Waals surface area (Å²) >= 11 is 5.83. The molecule has 1 N–H and O–H groups in total. The Morgan fingerprint density at radius 3 is 2.33 bits per heavy atom. The molecule has 0 bridgehead atoms. The van der Waals surface area contributed by atoms with Crippen molar-refractivity contribution in [2.75, 3.05) is 11.4 Å². The third-order valence-electron chi connectivity index (χ3n) is 4.46. The van der Waals surface area contributed by atoms with E-state index in [1.165, 1.54) is 4.90 Å². The smallest absolute Gasteiger partial charge is 0.332 e. The summed E-state index contributed by atoms with van der Waals surface area (Å²) in [4.78, 5) is 39.8. The van der Waals surface area contributed by atoms with Crippen molar-refractivity contribution in [2.45, 2.75) is 26.4 Å². The Morgan fingerprint density at radius 1 is 1.07 bits per heavy atom. The Balaban J connectivity index is 1.64. The van der Waals surface area contributed by atoms with Crippen LogP contribution in [0.25, 0.3) is 0 Å². The van der Waals surface area contributed by atoms with Crippen molar-refractivity contribution in [3.05, 3.63) is 64.7 Å². The first-order valence-electron chi connectivity index (χ1n) is 8.59. The number of hydrogen-bond acceptors (Lipinski definition) is 3. The van der Waals surface area contributed by atoms with Gasteiger partial charge in [-0.1, -0.05) is 41.4 Å². The molecule has 1 atom stereocenters. The Bertz CT molecular complexity index is 865. The summed E-state index contributed by atoms with van der Waals surface area (Å²) in [6, 6.07) is 13.3. The van der Waals surface area contributed by atoms with Crippen molar-refractivity contribution in [3.63, 3.8) is 0 Å². The van der Waals surface area contributed by atoms with Crippen LogP contribution in [0.5, 0.6) is 0 Å². The van der Waals surface area contributed by atoms with Gasteiger partial charge in [0.2, 0.25) is 5.91 Å². The summed E-state index contributed by atoms with van der Waals surface area (Å²) in [5.74, 6) is -0.785. The number of anilines is 1. The number of carbonyl (C=O) groups is 3. The first-order chi connectivity index (χ1) is 12.9. The van der Waals surface area contributed by atoms with Crippen molar-refractivity contribution >= 4 is 35.1 Å². The van der Waals surface area contributed by atoms with Crippen LogP contribution in [0.1, 0.15) is 18.1 Å². The van der Waals surface area contributed by atoms with Gasteiger partial charge in [0.25, 0.3) is 5.91 Å². The van der Waals surface area contributed by atoms with Crippen molar-refractivity contribution in [1.29, 1.82) is 0 Å². The number of benzene rings is 2. The SMILES string of the molecule is Cc1ccc(N2C(=O)N(CC(=O)NCc3ccc(Cl)cc3)C(=O)[C@H]2C)cc1. The minimum atomic E-state index is -0.649. The van der Waals surface area contributed by atoms with E-state index in [9.17, 15) is 14.4 Å². The molecule has 1 fully saturated rings. The summed E-state index contributed by atoms with van der Waals surface area (Å²) in [5, 5.41) is 3.33. The summed E-state index contributed by atoms with van der Waals surface area (Å²) in [6.07, 6.45) is 0. The predicted octanol–water partition coefficient (Wildman–Crippen LogP) is 3.12. The highest BCUT2D eigenvalue weighted by atomic mass is 35.5. The zero-order chi connectivity index (χ0) is 19.6. The van der Waals surface area contributed by atoms with Crippen LogP contribution < -0.4 is 10.2 Å². The van der Waals surface area contributed by atoms with Crippen LogP contribution >= 0.6 is 11.6 Å². The summed E-state index contributed by atoms with van der Waals surface area (Å²) in [6.45, 7) is 3.59. The Kier molecular flexibility index (Phi) is 5.46. The normalized spacial score (nSPS) is 16.8. The van der Waals surface area contributed by atoms with Crippen molar-refractivity contribution in [2.24, 2.45) is 0 Å². The van der Waals surface area contributed by atoms with Gasteiger partial charge < -0.3 is 5.32 Å². The lowest BCUT2D eigenvalue weighted by Crippen LogP contribution is -2.41. The van der Waals surface area contributed by atoms with Gasteiger partial charge in [0.05, 0.1) is 0 Å².